The highest BCUT2D eigenvalue weighted by molar-refractivity contribution is 9.10. The van der Waals surface area contributed by atoms with Gasteiger partial charge in [-0.25, -0.2) is 8.42 Å². The van der Waals surface area contributed by atoms with E-state index in [-0.39, 0.29) is 18.1 Å². The Kier molecular flexibility index (Phi) is 6.78. The van der Waals surface area contributed by atoms with Crippen LogP contribution in [0.25, 0.3) is 0 Å². The molecule has 0 bridgehead atoms. The Balaban J connectivity index is 2.84. The fourth-order valence-corrected chi connectivity index (χ4v) is 2.87. The van der Waals surface area contributed by atoms with E-state index in [4.69, 9.17) is 15.2 Å². The molecule has 0 unspecified atom stereocenters. The summed E-state index contributed by atoms with van der Waals surface area (Å²) in [5.41, 5.74) is 6.56. The third-order valence-corrected chi connectivity index (χ3v) is 5.06. The van der Waals surface area contributed by atoms with Crippen molar-refractivity contribution in [2.45, 2.75) is 13.3 Å². The third kappa shape index (κ3) is 4.96. The van der Waals surface area contributed by atoms with Crippen LogP contribution in [-0.4, -0.2) is 40.2 Å². The Morgan fingerprint density at radius 2 is 2.05 bits per heavy atom. The van der Waals surface area contributed by atoms with E-state index in [1.807, 2.05) is 12.1 Å². The van der Waals surface area contributed by atoms with Gasteiger partial charge in [-0.15, -0.1) is 0 Å². The molecule has 0 aliphatic heterocycles. The predicted octanol–water partition coefficient (Wildman–Crippen LogP) is 1.77. The molecule has 0 aliphatic rings. The maximum Gasteiger partial charge on any atom is 0.175 e. The summed E-state index contributed by atoms with van der Waals surface area (Å²) >= 11 is 3.41. The van der Waals surface area contributed by atoms with Gasteiger partial charge in [0.15, 0.2) is 21.3 Å². The van der Waals surface area contributed by atoms with Crippen LogP contribution < -0.4 is 15.2 Å². The molecule has 0 saturated carbocycles. The lowest BCUT2D eigenvalue weighted by Gasteiger charge is -2.14. The summed E-state index contributed by atoms with van der Waals surface area (Å²) < 4.78 is 34.4. The number of hydrogen-bond acceptors (Lipinski definition) is 5. The molecule has 0 amide bonds. The average Bonchev–Trinajstić information content (AvgIpc) is 2.41. The summed E-state index contributed by atoms with van der Waals surface area (Å²) in [6.07, 6.45) is 0.736. The first-order valence-electron chi connectivity index (χ1n) is 6.33. The van der Waals surface area contributed by atoms with Crippen molar-refractivity contribution < 1.29 is 17.9 Å². The van der Waals surface area contributed by atoms with Gasteiger partial charge >= 0.3 is 0 Å². The summed E-state index contributed by atoms with van der Waals surface area (Å²) in [4.78, 5) is 0. The van der Waals surface area contributed by atoms with Crippen LogP contribution in [0.15, 0.2) is 16.6 Å². The number of hydrogen-bond donors (Lipinski definition) is 1. The van der Waals surface area contributed by atoms with Crippen molar-refractivity contribution in [3.8, 4) is 11.5 Å². The van der Waals surface area contributed by atoms with Crippen LogP contribution >= 0.6 is 15.9 Å². The fourth-order valence-electron chi connectivity index (χ4n) is 1.64. The second kappa shape index (κ2) is 7.85. The SMILES string of the molecule is CCS(=O)(=O)CCOc1c(Br)cc(CCN)cc1OC. The van der Waals surface area contributed by atoms with Crippen LogP contribution in [-0.2, 0) is 16.3 Å². The van der Waals surface area contributed by atoms with E-state index in [0.29, 0.717) is 18.0 Å². The van der Waals surface area contributed by atoms with E-state index in [0.717, 1.165) is 16.5 Å². The van der Waals surface area contributed by atoms with E-state index in [9.17, 15) is 8.42 Å². The molecule has 0 fully saturated rings. The topological polar surface area (TPSA) is 78.6 Å². The molecule has 20 heavy (non-hydrogen) atoms. The minimum Gasteiger partial charge on any atom is -0.493 e. The van der Waals surface area contributed by atoms with E-state index >= 15 is 0 Å². The molecular formula is C13H20BrNO4S. The van der Waals surface area contributed by atoms with Crippen molar-refractivity contribution in [3.05, 3.63) is 22.2 Å². The minimum absolute atomic E-state index is 0.0103. The van der Waals surface area contributed by atoms with Crippen LogP contribution in [0.4, 0.5) is 0 Å². The normalized spacial score (nSPS) is 11.4. The number of benzene rings is 1. The van der Waals surface area contributed by atoms with Crippen molar-refractivity contribution in [2.75, 3.05) is 31.8 Å². The molecule has 114 valence electrons. The molecule has 1 aromatic carbocycles. The van der Waals surface area contributed by atoms with Crippen molar-refractivity contribution in [2.24, 2.45) is 5.73 Å². The van der Waals surface area contributed by atoms with E-state index < -0.39 is 9.84 Å². The molecule has 0 atom stereocenters. The third-order valence-electron chi connectivity index (χ3n) is 2.80. The standard InChI is InChI=1S/C13H20BrNO4S/c1-3-20(16,17)7-6-19-13-11(14)8-10(4-5-15)9-12(13)18-2/h8-9H,3-7,15H2,1-2H3. The lowest BCUT2D eigenvalue weighted by molar-refractivity contribution is 0.309. The van der Waals surface area contributed by atoms with Crippen molar-refractivity contribution in [1.29, 1.82) is 0 Å². The zero-order chi connectivity index (χ0) is 15.2. The molecule has 5 nitrogen and oxygen atoms in total. The average molecular weight is 366 g/mol. The number of sulfone groups is 1. The Morgan fingerprint density at radius 1 is 1.35 bits per heavy atom. The highest BCUT2D eigenvalue weighted by Crippen LogP contribution is 2.36. The molecular weight excluding hydrogens is 346 g/mol. The van der Waals surface area contributed by atoms with E-state index in [1.165, 1.54) is 0 Å². The summed E-state index contributed by atoms with van der Waals surface area (Å²) in [6, 6.07) is 3.75. The Bertz CT molecular complexity index is 546. The van der Waals surface area contributed by atoms with E-state index in [1.54, 1.807) is 14.0 Å². The molecule has 0 radical (unpaired) electrons. The lowest BCUT2D eigenvalue weighted by Crippen LogP contribution is -2.16. The van der Waals surface area contributed by atoms with Crippen LogP contribution in [0.5, 0.6) is 11.5 Å². The van der Waals surface area contributed by atoms with Gasteiger partial charge in [-0.2, -0.15) is 0 Å². The highest BCUT2D eigenvalue weighted by Gasteiger charge is 2.13. The fraction of sp³-hybridized carbons (Fsp3) is 0.538. The van der Waals surface area contributed by atoms with Crippen LogP contribution in [0.3, 0.4) is 0 Å². The molecule has 2 N–H and O–H groups in total. The van der Waals surface area contributed by atoms with Gasteiger partial charge in [0.1, 0.15) is 6.61 Å². The molecule has 0 aromatic heterocycles. The van der Waals surface area contributed by atoms with Crippen molar-refractivity contribution in [3.63, 3.8) is 0 Å². The second-order valence-electron chi connectivity index (χ2n) is 4.23. The molecule has 1 rings (SSSR count). The summed E-state index contributed by atoms with van der Waals surface area (Å²) in [7, 11) is -1.49. The molecule has 0 aliphatic carbocycles. The van der Waals surface area contributed by atoms with Gasteiger partial charge in [-0.05, 0) is 46.6 Å². The van der Waals surface area contributed by atoms with Gasteiger partial charge in [0.2, 0.25) is 0 Å². The first-order valence-corrected chi connectivity index (χ1v) is 8.94. The predicted molar refractivity (Wildman–Crippen MR) is 83.3 cm³/mol. The van der Waals surface area contributed by atoms with Crippen molar-refractivity contribution >= 4 is 25.8 Å². The van der Waals surface area contributed by atoms with Gasteiger partial charge in [0, 0.05) is 5.75 Å². The van der Waals surface area contributed by atoms with Crippen molar-refractivity contribution in [1.82, 2.24) is 0 Å². The number of rotatable bonds is 8. The molecule has 1 aromatic rings. The maximum atomic E-state index is 11.4. The first kappa shape index (κ1) is 17.3. The van der Waals surface area contributed by atoms with Gasteiger partial charge in [-0.1, -0.05) is 6.92 Å². The largest absolute Gasteiger partial charge is 0.493 e. The quantitative estimate of drug-likeness (QED) is 0.759. The van der Waals surface area contributed by atoms with Gasteiger partial charge < -0.3 is 15.2 Å². The van der Waals surface area contributed by atoms with Crippen LogP contribution in [0, 0.1) is 0 Å². The molecule has 0 saturated heterocycles. The highest BCUT2D eigenvalue weighted by atomic mass is 79.9. The van der Waals surface area contributed by atoms with Crippen LogP contribution in [0.1, 0.15) is 12.5 Å². The van der Waals surface area contributed by atoms with Gasteiger partial charge in [-0.3, -0.25) is 0 Å². The van der Waals surface area contributed by atoms with Gasteiger partial charge in [0.25, 0.3) is 0 Å². The Labute approximate surface area is 128 Å². The number of ether oxygens (including phenoxy) is 2. The summed E-state index contributed by atoms with van der Waals surface area (Å²) in [5, 5.41) is 0. The first-order chi connectivity index (χ1) is 9.43. The monoisotopic (exact) mass is 365 g/mol. The number of halogens is 1. The Morgan fingerprint density at radius 3 is 2.60 bits per heavy atom. The van der Waals surface area contributed by atoms with Gasteiger partial charge in [0.05, 0.1) is 17.3 Å². The molecule has 0 heterocycles. The zero-order valence-corrected chi connectivity index (χ0v) is 14.1. The summed E-state index contributed by atoms with van der Waals surface area (Å²) in [6.45, 7) is 2.26. The Hall–Kier alpha value is -0.790. The van der Waals surface area contributed by atoms with E-state index in [2.05, 4.69) is 15.9 Å². The maximum absolute atomic E-state index is 11.4. The van der Waals surface area contributed by atoms with Crippen LogP contribution in [0.2, 0.25) is 0 Å². The number of methoxy groups -OCH3 is 1. The molecule has 7 heteroatoms. The summed E-state index contributed by atoms with van der Waals surface area (Å²) in [5.74, 6) is 1.18. The smallest absolute Gasteiger partial charge is 0.175 e. The number of nitrogens with two attached hydrogens (primary N) is 1. The second-order valence-corrected chi connectivity index (χ2v) is 7.56. The lowest BCUT2D eigenvalue weighted by atomic mass is 10.1. The zero-order valence-electron chi connectivity index (χ0n) is 11.7. The minimum atomic E-state index is -3.04. The molecule has 0 spiro atoms.